The largest absolute Gasteiger partial charge is 0.489 e. The summed E-state index contributed by atoms with van der Waals surface area (Å²) in [4.78, 5) is 31.2. The Bertz CT molecular complexity index is 1350. The van der Waals surface area contributed by atoms with Crippen molar-refractivity contribution in [1.29, 1.82) is 0 Å². The Morgan fingerprint density at radius 3 is 3.03 bits per heavy atom. The standard InChI is InChI=1S/C27H31N5O3S/c1-15(2)35-22-9-19-12-28-11-18(19)8-21(22)31-25-24-20-5-4-17(10-23(20)36-26(24)30-14-29-25)27(33)32-6-7-34-13-16(32)3/h8-9,11,14-17H,4-7,10,12-13H2,1-3H3,(H,29,30,31)/t16-,17-/m0/s1. The predicted octanol–water partition coefficient (Wildman–Crippen LogP) is 4.51. The van der Waals surface area contributed by atoms with Crippen molar-refractivity contribution in [2.24, 2.45) is 10.9 Å². The molecule has 1 amide bonds. The van der Waals surface area contributed by atoms with Gasteiger partial charge in [0.05, 0.1) is 43.0 Å². The van der Waals surface area contributed by atoms with Crippen LogP contribution in [0.1, 0.15) is 48.8 Å². The number of aryl methyl sites for hydroxylation is 1. The Hall–Kier alpha value is -3.04. The van der Waals surface area contributed by atoms with Crippen LogP contribution in [0.5, 0.6) is 5.75 Å². The van der Waals surface area contributed by atoms with Crippen molar-refractivity contribution in [2.75, 3.05) is 25.1 Å². The molecule has 2 aliphatic heterocycles. The molecule has 6 rings (SSSR count). The van der Waals surface area contributed by atoms with Crippen LogP contribution in [0, 0.1) is 5.92 Å². The third-order valence-corrected chi connectivity index (χ3v) is 8.36. The van der Waals surface area contributed by atoms with Crippen LogP contribution >= 0.6 is 11.3 Å². The number of hydrogen-bond donors (Lipinski definition) is 1. The van der Waals surface area contributed by atoms with E-state index in [1.807, 2.05) is 25.0 Å². The Labute approximate surface area is 214 Å². The molecule has 2 atom stereocenters. The molecule has 188 valence electrons. The highest BCUT2D eigenvalue weighted by Crippen LogP contribution is 2.42. The number of fused-ring (bicyclic) bond motifs is 4. The highest BCUT2D eigenvalue weighted by molar-refractivity contribution is 7.19. The summed E-state index contributed by atoms with van der Waals surface area (Å²) in [5.41, 5.74) is 4.42. The van der Waals surface area contributed by atoms with Gasteiger partial charge in [0.25, 0.3) is 0 Å². The van der Waals surface area contributed by atoms with Crippen LogP contribution in [0.3, 0.4) is 0 Å². The maximum absolute atomic E-state index is 13.3. The van der Waals surface area contributed by atoms with E-state index in [4.69, 9.17) is 9.47 Å². The minimum Gasteiger partial charge on any atom is -0.489 e. The molecular weight excluding hydrogens is 474 g/mol. The maximum Gasteiger partial charge on any atom is 0.226 e. The lowest BCUT2D eigenvalue weighted by Gasteiger charge is -2.36. The van der Waals surface area contributed by atoms with Crippen LogP contribution in [0.4, 0.5) is 11.5 Å². The van der Waals surface area contributed by atoms with Gasteiger partial charge in [-0.1, -0.05) is 0 Å². The molecule has 3 aliphatic rings. The van der Waals surface area contributed by atoms with Crippen LogP contribution in [-0.4, -0.2) is 58.9 Å². The number of morpholine rings is 1. The lowest BCUT2D eigenvalue weighted by Crippen LogP contribution is -2.50. The second kappa shape index (κ2) is 9.44. The van der Waals surface area contributed by atoms with E-state index in [1.165, 1.54) is 16.0 Å². The first kappa shape index (κ1) is 23.4. The number of benzene rings is 1. The number of aliphatic imine (C=N–C) groups is 1. The van der Waals surface area contributed by atoms with Gasteiger partial charge in [0.2, 0.25) is 5.91 Å². The normalized spacial score (nSPS) is 21.1. The first-order chi connectivity index (χ1) is 17.5. The number of carbonyl (C=O) groups is 1. The van der Waals surface area contributed by atoms with Crippen molar-refractivity contribution in [3.05, 3.63) is 40.0 Å². The Morgan fingerprint density at radius 1 is 1.31 bits per heavy atom. The van der Waals surface area contributed by atoms with Crippen molar-refractivity contribution in [1.82, 2.24) is 14.9 Å². The third kappa shape index (κ3) is 4.24. The van der Waals surface area contributed by atoms with Gasteiger partial charge in [0.1, 0.15) is 22.7 Å². The molecule has 4 heterocycles. The van der Waals surface area contributed by atoms with Crippen molar-refractivity contribution in [3.63, 3.8) is 0 Å². The molecule has 1 aliphatic carbocycles. The van der Waals surface area contributed by atoms with E-state index in [9.17, 15) is 4.79 Å². The Morgan fingerprint density at radius 2 is 2.19 bits per heavy atom. The summed E-state index contributed by atoms with van der Waals surface area (Å²) < 4.78 is 11.7. The van der Waals surface area contributed by atoms with Crippen molar-refractivity contribution < 1.29 is 14.3 Å². The van der Waals surface area contributed by atoms with Crippen LogP contribution in [0.25, 0.3) is 10.2 Å². The van der Waals surface area contributed by atoms with Crippen molar-refractivity contribution in [2.45, 2.75) is 58.7 Å². The minimum atomic E-state index is 0.0116. The van der Waals surface area contributed by atoms with E-state index >= 15 is 0 Å². The van der Waals surface area contributed by atoms with Gasteiger partial charge in [-0.25, -0.2) is 9.97 Å². The molecule has 0 saturated carbocycles. The molecule has 2 aromatic heterocycles. The molecule has 1 N–H and O–H groups in total. The van der Waals surface area contributed by atoms with Gasteiger partial charge in [-0.15, -0.1) is 11.3 Å². The molecule has 8 nitrogen and oxygen atoms in total. The van der Waals surface area contributed by atoms with Crippen LogP contribution in [0.15, 0.2) is 23.5 Å². The fourth-order valence-electron chi connectivity index (χ4n) is 5.42. The molecule has 36 heavy (non-hydrogen) atoms. The molecule has 0 radical (unpaired) electrons. The van der Waals surface area contributed by atoms with Crippen LogP contribution in [0.2, 0.25) is 0 Å². The molecule has 3 aromatic rings. The topological polar surface area (TPSA) is 88.9 Å². The monoisotopic (exact) mass is 505 g/mol. The lowest BCUT2D eigenvalue weighted by atomic mass is 9.86. The number of rotatable bonds is 5. The van der Waals surface area contributed by atoms with Gasteiger partial charge in [0, 0.05) is 23.6 Å². The number of nitrogens with zero attached hydrogens (tertiary/aromatic N) is 4. The molecule has 9 heteroatoms. The van der Waals surface area contributed by atoms with Gasteiger partial charge < -0.3 is 19.7 Å². The van der Waals surface area contributed by atoms with E-state index < -0.39 is 0 Å². The molecule has 1 aromatic carbocycles. The van der Waals surface area contributed by atoms with E-state index in [2.05, 4.69) is 39.3 Å². The summed E-state index contributed by atoms with van der Waals surface area (Å²) in [5, 5.41) is 4.62. The van der Waals surface area contributed by atoms with Crippen LogP contribution < -0.4 is 10.1 Å². The summed E-state index contributed by atoms with van der Waals surface area (Å²) in [5.74, 6) is 1.86. The Kier molecular flexibility index (Phi) is 6.13. The Balaban J connectivity index is 1.31. The molecule has 1 fully saturated rings. The lowest BCUT2D eigenvalue weighted by molar-refractivity contribution is -0.143. The van der Waals surface area contributed by atoms with Crippen LogP contribution in [-0.2, 0) is 28.9 Å². The number of hydrogen-bond acceptors (Lipinski definition) is 8. The number of thiophene rings is 1. The van der Waals surface area contributed by atoms with Gasteiger partial charge in [-0.2, -0.15) is 0 Å². The summed E-state index contributed by atoms with van der Waals surface area (Å²) in [7, 11) is 0. The zero-order valence-electron chi connectivity index (χ0n) is 20.9. The van der Waals surface area contributed by atoms with Gasteiger partial charge in [-0.3, -0.25) is 9.79 Å². The van der Waals surface area contributed by atoms with E-state index in [1.54, 1.807) is 17.7 Å². The van der Waals surface area contributed by atoms with E-state index in [-0.39, 0.29) is 24.0 Å². The average Bonchev–Trinajstić information content (AvgIpc) is 3.47. The fourth-order valence-corrected chi connectivity index (χ4v) is 6.69. The summed E-state index contributed by atoms with van der Waals surface area (Å²) in [6, 6.07) is 4.31. The first-order valence-corrected chi connectivity index (χ1v) is 13.5. The van der Waals surface area contributed by atoms with Gasteiger partial charge in [-0.05, 0) is 68.9 Å². The van der Waals surface area contributed by atoms with Gasteiger partial charge >= 0.3 is 0 Å². The zero-order chi connectivity index (χ0) is 24.8. The van der Waals surface area contributed by atoms with Crippen molar-refractivity contribution >= 4 is 45.2 Å². The second-order valence-electron chi connectivity index (χ2n) is 10.1. The van der Waals surface area contributed by atoms with E-state index in [0.717, 1.165) is 52.3 Å². The SMILES string of the molecule is CC(C)Oc1cc2c(cc1Nc1ncnc3sc4c(c13)CC[C@H](C(=O)N1CCOC[C@@H]1C)C4)C=NC2. The summed E-state index contributed by atoms with van der Waals surface area (Å²) in [6.07, 6.45) is 6.02. The number of nitrogens with one attached hydrogen (secondary N) is 1. The first-order valence-electron chi connectivity index (χ1n) is 12.7. The summed E-state index contributed by atoms with van der Waals surface area (Å²) >= 11 is 1.69. The highest BCUT2D eigenvalue weighted by atomic mass is 32.1. The number of anilines is 2. The zero-order valence-corrected chi connectivity index (χ0v) is 21.7. The molecular formula is C27H31N5O3S. The average molecular weight is 506 g/mol. The predicted molar refractivity (Wildman–Crippen MR) is 142 cm³/mol. The second-order valence-corrected chi connectivity index (χ2v) is 11.2. The minimum absolute atomic E-state index is 0.0116. The van der Waals surface area contributed by atoms with Gasteiger partial charge in [0.15, 0.2) is 0 Å². The third-order valence-electron chi connectivity index (χ3n) is 7.19. The highest BCUT2D eigenvalue weighted by Gasteiger charge is 2.34. The number of aromatic nitrogens is 2. The number of amides is 1. The number of ether oxygens (including phenoxy) is 2. The van der Waals surface area contributed by atoms with Crippen molar-refractivity contribution in [3.8, 4) is 5.75 Å². The summed E-state index contributed by atoms with van der Waals surface area (Å²) in [6.45, 7) is 8.74. The smallest absolute Gasteiger partial charge is 0.226 e. The number of carbonyl (C=O) groups excluding carboxylic acids is 1. The quantitative estimate of drug-likeness (QED) is 0.549. The van der Waals surface area contributed by atoms with E-state index in [0.29, 0.717) is 26.3 Å². The fraction of sp³-hybridized carbons (Fsp3) is 0.481. The molecule has 1 saturated heterocycles. The molecule has 0 unspecified atom stereocenters. The molecule has 0 bridgehead atoms. The maximum atomic E-state index is 13.3. The molecule has 0 spiro atoms.